The number of likely N-dealkylation sites (tertiary alicyclic amines) is 1. The summed E-state index contributed by atoms with van der Waals surface area (Å²) in [6.07, 6.45) is 5.96. The lowest BCUT2D eigenvalue weighted by Gasteiger charge is -2.43. The molecule has 0 bridgehead atoms. The molecular formula is C30H34N4O3. The Balaban J connectivity index is 1.29. The van der Waals surface area contributed by atoms with E-state index < -0.39 is 0 Å². The number of carbonyl (C=O) groups excluding carboxylic acids is 1. The number of likely N-dealkylation sites (N-methyl/N-ethyl adjacent to an activating group) is 1. The molecule has 0 aliphatic carbocycles. The molecule has 6 rings (SSSR count). The van der Waals surface area contributed by atoms with Crippen LogP contribution in [0.4, 0.5) is 4.79 Å². The molecule has 7 nitrogen and oxygen atoms in total. The molecule has 1 unspecified atom stereocenters. The van der Waals surface area contributed by atoms with Gasteiger partial charge in [0.2, 0.25) is 0 Å². The van der Waals surface area contributed by atoms with Gasteiger partial charge in [0.1, 0.15) is 11.5 Å². The van der Waals surface area contributed by atoms with Gasteiger partial charge in [0, 0.05) is 61.5 Å². The van der Waals surface area contributed by atoms with Crippen LogP contribution in [0.1, 0.15) is 42.4 Å². The van der Waals surface area contributed by atoms with Crippen molar-refractivity contribution in [3.05, 3.63) is 77.1 Å². The molecular weight excluding hydrogens is 464 g/mol. The van der Waals surface area contributed by atoms with Gasteiger partial charge in [-0.1, -0.05) is 31.2 Å². The number of carbonyl (C=O) groups is 1. The summed E-state index contributed by atoms with van der Waals surface area (Å²) in [6.45, 7) is 5.47. The molecule has 0 saturated carbocycles. The Labute approximate surface area is 218 Å². The zero-order valence-electron chi connectivity index (χ0n) is 22.0. The minimum atomic E-state index is -0.290. The lowest BCUT2D eigenvalue weighted by atomic mass is 9.82. The fourth-order valence-electron chi connectivity index (χ4n) is 6.59. The smallest absolute Gasteiger partial charge is 0.325 e. The van der Waals surface area contributed by atoms with Gasteiger partial charge in [-0.15, -0.1) is 0 Å². The molecule has 3 aromatic rings. The maximum absolute atomic E-state index is 13.6. The minimum Gasteiger partial charge on any atom is -0.497 e. The average molecular weight is 499 g/mol. The average Bonchev–Trinajstić information content (AvgIpc) is 3.03. The van der Waals surface area contributed by atoms with Gasteiger partial charge in [0.25, 0.3) is 0 Å². The molecule has 7 heteroatoms. The minimum absolute atomic E-state index is 0.0710. The van der Waals surface area contributed by atoms with Crippen molar-refractivity contribution in [3.8, 4) is 11.5 Å². The highest BCUT2D eigenvalue weighted by molar-refractivity contribution is 5.83. The second-order valence-corrected chi connectivity index (χ2v) is 10.5. The number of hydrogen-bond acceptors (Lipinski definition) is 5. The monoisotopic (exact) mass is 498 g/mol. The Morgan fingerprint density at radius 2 is 1.89 bits per heavy atom. The van der Waals surface area contributed by atoms with Gasteiger partial charge in [-0.2, -0.15) is 0 Å². The van der Waals surface area contributed by atoms with Crippen LogP contribution < -0.4 is 9.47 Å². The summed E-state index contributed by atoms with van der Waals surface area (Å²) in [5.74, 6) is 1.68. The summed E-state index contributed by atoms with van der Waals surface area (Å²) in [4.78, 5) is 24.6. The number of benzene rings is 2. The second-order valence-electron chi connectivity index (χ2n) is 10.5. The third-order valence-electron chi connectivity index (χ3n) is 8.59. The maximum atomic E-state index is 13.6. The quantitative estimate of drug-likeness (QED) is 0.498. The fraction of sp³-hybridized carbons (Fsp3) is 0.400. The van der Waals surface area contributed by atoms with Crippen LogP contribution >= 0.6 is 0 Å². The Hall–Kier alpha value is -3.58. The molecule has 2 saturated heterocycles. The van der Waals surface area contributed by atoms with E-state index in [2.05, 4.69) is 47.1 Å². The Morgan fingerprint density at radius 3 is 2.65 bits per heavy atom. The lowest BCUT2D eigenvalue weighted by Crippen LogP contribution is -2.52. The summed E-state index contributed by atoms with van der Waals surface area (Å²) in [5, 5.41) is 1.21. The number of rotatable bonds is 4. The number of methoxy groups -OCH3 is 2. The first kappa shape index (κ1) is 23.8. The summed E-state index contributed by atoms with van der Waals surface area (Å²) in [7, 11) is 5.34. The number of aromatic nitrogens is 1. The molecule has 37 heavy (non-hydrogen) atoms. The number of piperidine rings is 1. The van der Waals surface area contributed by atoms with Crippen molar-refractivity contribution < 1.29 is 14.3 Å². The molecule has 192 valence electrons. The third kappa shape index (κ3) is 3.75. The molecule has 0 N–H and O–H groups in total. The number of hydrogen-bond donors (Lipinski definition) is 0. The molecule has 3 aliphatic rings. The Bertz CT molecular complexity index is 1390. The molecule has 0 radical (unpaired) electrons. The first-order valence-electron chi connectivity index (χ1n) is 13.0. The van der Waals surface area contributed by atoms with E-state index in [9.17, 15) is 4.79 Å². The third-order valence-corrected chi connectivity index (χ3v) is 8.59. The number of ether oxygens (including phenoxy) is 2. The molecule has 2 fully saturated rings. The number of nitrogens with zero attached hydrogens (tertiary/aromatic N) is 4. The second kappa shape index (κ2) is 9.06. The highest BCUT2D eigenvalue weighted by Gasteiger charge is 2.53. The molecule has 2 amide bonds. The predicted molar refractivity (Wildman–Crippen MR) is 144 cm³/mol. The summed E-state index contributed by atoms with van der Waals surface area (Å²) in [5.41, 5.74) is 5.40. The highest BCUT2D eigenvalue weighted by atomic mass is 16.5. The van der Waals surface area contributed by atoms with Crippen molar-refractivity contribution in [1.29, 1.82) is 0 Å². The van der Waals surface area contributed by atoms with Crippen LogP contribution in [0.2, 0.25) is 0 Å². The normalized spacial score (nSPS) is 21.0. The van der Waals surface area contributed by atoms with Crippen LogP contribution in [0.25, 0.3) is 10.9 Å². The predicted octanol–water partition coefficient (Wildman–Crippen LogP) is 5.16. The van der Waals surface area contributed by atoms with Gasteiger partial charge >= 0.3 is 6.03 Å². The van der Waals surface area contributed by atoms with Crippen molar-refractivity contribution >= 4 is 16.9 Å². The van der Waals surface area contributed by atoms with Crippen LogP contribution in [0.15, 0.2) is 60.4 Å². The van der Waals surface area contributed by atoms with E-state index >= 15 is 0 Å². The number of fused-ring (bicyclic) bond motifs is 4. The molecule has 2 aromatic carbocycles. The Morgan fingerprint density at radius 1 is 1.08 bits per heavy atom. The lowest BCUT2D eigenvalue weighted by molar-refractivity contribution is 0.100. The van der Waals surface area contributed by atoms with E-state index in [4.69, 9.17) is 9.47 Å². The fourth-order valence-corrected chi connectivity index (χ4v) is 6.59. The SMILES string of the molecule is COc1cc2c(c(OC)c1)C(C)C=C1N(C2)C(=O)N(C)C12CCN(Cc1cccc3ncccc13)CC2. The van der Waals surface area contributed by atoms with Gasteiger partial charge in [0.15, 0.2) is 0 Å². The van der Waals surface area contributed by atoms with Gasteiger partial charge in [-0.05, 0) is 42.2 Å². The van der Waals surface area contributed by atoms with Crippen molar-refractivity contribution in [2.24, 2.45) is 0 Å². The van der Waals surface area contributed by atoms with E-state index in [1.165, 1.54) is 10.9 Å². The zero-order chi connectivity index (χ0) is 25.7. The van der Waals surface area contributed by atoms with Crippen molar-refractivity contribution in [3.63, 3.8) is 0 Å². The topological polar surface area (TPSA) is 58.1 Å². The maximum Gasteiger partial charge on any atom is 0.325 e. The van der Waals surface area contributed by atoms with Crippen molar-refractivity contribution in [2.75, 3.05) is 34.4 Å². The van der Waals surface area contributed by atoms with Crippen molar-refractivity contribution in [2.45, 2.75) is 44.3 Å². The number of pyridine rings is 1. The van der Waals surface area contributed by atoms with E-state index in [1.807, 2.05) is 41.2 Å². The van der Waals surface area contributed by atoms with Crippen LogP contribution in [0.3, 0.4) is 0 Å². The van der Waals surface area contributed by atoms with Crippen LogP contribution in [-0.4, -0.2) is 65.6 Å². The largest absolute Gasteiger partial charge is 0.497 e. The van der Waals surface area contributed by atoms with E-state index in [-0.39, 0.29) is 17.5 Å². The first-order valence-corrected chi connectivity index (χ1v) is 13.0. The molecule has 1 aromatic heterocycles. The zero-order valence-corrected chi connectivity index (χ0v) is 22.0. The Kier molecular flexibility index (Phi) is 5.83. The van der Waals surface area contributed by atoms with Gasteiger partial charge < -0.3 is 14.4 Å². The van der Waals surface area contributed by atoms with Crippen molar-refractivity contribution in [1.82, 2.24) is 19.7 Å². The highest BCUT2D eigenvalue weighted by Crippen LogP contribution is 2.48. The van der Waals surface area contributed by atoms with Crippen LogP contribution in [0, 0.1) is 0 Å². The summed E-state index contributed by atoms with van der Waals surface area (Å²) < 4.78 is 11.3. The van der Waals surface area contributed by atoms with Gasteiger partial charge in [0.05, 0.1) is 31.8 Å². The summed E-state index contributed by atoms with van der Waals surface area (Å²) >= 11 is 0. The van der Waals surface area contributed by atoms with Crippen LogP contribution in [-0.2, 0) is 13.1 Å². The first-order chi connectivity index (χ1) is 17.9. The number of allylic oxidation sites excluding steroid dienone is 1. The number of amides is 2. The van der Waals surface area contributed by atoms with Gasteiger partial charge in [-0.25, -0.2) is 4.79 Å². The molecule has 4 heterocycles. The van der Waals surface area contributed by atoms with E-state index in [0.717, 1.165) is 66.3 Å². The number of urea groups is 1. The van der Waals surface area contributed by atoms with Crippen LogP contribution in [0.5, 0.6) is 11.5 Å². The van der Waals surface area contributed by atoms with E-state index in [1.54, 1.807) is 14.2 Å². The summed E-state index contributed by atoms with van der Waals surface area (Å²) in [6, 6.07) is 14.6. The van der Waals surface area contributed by atoms with E-state index in [0.29, 0.717) is 6.54 Å². The standard InChI is InChI=1S/C30H34N4O3/c1-20-15-27-30(10-13-33(14-11-30)18-21-7-5-9-25-24(21)8-6-12-31-25)32(2)29(35)34(27)19-22-16-23(36-3)17-26(37-4)28(20)22/h5-9,12,15-17,20H,10-11,13-14,18-19H2,1-4H3. The van der Waals surface area contributed by atoms with Gasteiger partial charge in [-0.3, -0.25) is 14.8 Å². The molecule has 3 aliphatic heterocycles. The molecule has 1 spiro atoms. The molecule has 1 atom stereocenters.